The monoisotopic (exact) mass is 373 g/mol. The first-order chi connectivity index (χ1) is 12.6. The zero-order valence-electron chi connectivity index (χ0n) is 15.4. The minimum absolute atomic E-state index is 0.732. The summed E-state index contributed by atoms with van der Waals surface area (Å²) in [5.41, 5.74) is 1.96. The van der Waals surface area contributed by atoms with Gasteiger partial charge in [-0.2, -0.15) is 4.67 Å². The van der Waals surface area contributed by atoms with Crippen LogP contribution in [-0.4, -0.2) is 52.1 Å². The molecule has 2 aliphatic rings. The van der Waals surface area contributed by atoms with Gasteiger partial charge in [-0.3, -0.25) is 0 Å². The van der Waals surface area contributed by atoms with E-state index >= 15 is 0 Å². The quantitative estimate of drug-likeness (QED) is 0.764. The molecule has 0 aromatic heterocycles. The van der Waals surface area contributed by atoms with E-state index in [2.05, 4.69) is 21.3 Å². The van der Waals surface area contributed by atoms with Gasteiger partial charge in [-0.15, -0.1) is 0 Å². The Morgan fingerprint density at radius 1 is 0.885 bits per heavy atom. The molecule has 1 unspecified atom stereocenters. The highest BCUT2D eigenvalue weighted by Gasteiger charge is 2.52. The van der Waals surface area contributed by atoms with Crippen LogP contribution in [0.5, 0.6) is 11.5 Å². The molecule has 0 saturated carbocycles. The van der Waals surface area contributed by atoms with Crippen LogP contribution < -0.4 is 29.2 Å². The lowest BCUT2D eigenvalue weighted by Gasteiger charge is -2.39. The van der Waals surface area contributed by atoms with E-state index in [9.17, 15) is 4.89 Å². The summed E-state index contributed by atoms with van der Waals surface area (Å²) in [6, 6.07) is 13.7. The average molecular weight is 373 g/mol. The van der Waals surface area contributed by atoms with Gasteiger partial charge in [0.25, 0.3) is 0 Å². The van der Waals surface area contributed by atoms with Crippen molar-refractivity contribution in [2.45, 2.75) is 0 Å². The summed E-state index contributed by atoms with van der Waals surface area (Å²) in [4.78, 5) is 16.7. The van der Waals surface area contributed by atoms with Crippen LogP contribution in [0.25, 0.3) is 0 Å². The lowest BCUT2D eigenvalue weighted by molar-refractivity contribution is -0.176. The van der Waals surface area contributed by atoms with Crippen molar-refractivity contribution in [2.24, 2.45) is 0 Å². The Kier molecular flexibility index (Phi) is 4.43. The van der Waals surface area contributed by atoms with Gasteiger partial charge in [0, 0.05) is 19.7 Å². The predicted molar refractivity (Wildman–Crippen MR) is 105 cm³/mol. The van der Waals surface area contributed by atoms with Crippen molar-refractivity contribution < 1.29 is 14.4 Å². The highest BCUT2D eigenvalue weighted by Crippen LogP contribution is 2.63. The lowest BCUT2D eigenvalue weighted by atomic mass is 10.2. The van der Waals surface area contributed by atoms with Crippen molar-refractivity contribution in [2.75, 3.05) is 57.0 Å². The number of nitrogens with zero attached hydrogens (tertiary/aromatic N) is 3. The number of rotatable bonds is 3. The van der Waals surface area contributed by atoms with Crippen LogP contribution in [0.3, 0.4) is 0 Å². The van der Waals surface area contributed by atoms with Gasteiger partial charge in [0.1, 0.15) is 11.5 Å². The standard InChI is InChI=1S/C19H24N3O3P/c1-20-10-11-21-12-13-22(15-4-6-16(24-2)7-5-15)26(21,23)19-14-17(25-3)8-9-18(19)20/h4-9,14H,10-13H2,1-3H3. The molecule has 2 aromatic carbocycles. The van der Waals surface area contributed by atoms with Gasteiger partial charge < -0.3 is 19.3 Å². The number of methoxy groups -OCH3 is 2. The fraction of sp³-hybridized carbons (Fsp3) is 0.368. The SMILES string of the molecule is COc1ccc(N2CCN3CCN(C)c4ccc(OC)cc4[P+]32[O-])cc1. The maximum Gasteiger partial charge on any atom is 0.166 e. The predicted octanol–water partition coefficient (Wildman–Crippen LogP) is 1.72. The molecule has 1 atom stereocenters. The molecule has 7 heteroatoms. The Morgan fingerprint density at radius 2 is 1.54 bits per heavy atom. The molecular weight excluding hydrogens is 349 g/mol. The first kappa shape index (κ1) is 17.4. The minimum Gasteiger partial charge on any atom is -0.642 e. The average Bonchev–Trinajstić information content (AvgIpc) is 2.98. The second-order valence-corrected chi connectivity index (χ2v) is 9.21. The van der Waals surface area contributed by atoms with E-state index in [1.807, 2.05) is 42.5 Å². The Hall–Kier alpha value is -2.01. The Morgan fingerprint density at radius 3 is 2.23 bits per heavy atom. The topological polar surface area (TPSA) is 51.2 Å². The van der Waals surface area contributed by atoms with E-state index in [0.29, 0.717) is 0 Å². The molecule has 0 aliphatic carbocycles. The van der Waals surface area contributed by atoms with E-state index < -0.39 is 7.79 Å². The second-order valence-electron chi connectivity index (χ2n) is 6.60. The first-order valence-corrected chi connectivity index (χ1v) is 10.4. The van der Waals surface area contributed by atoms with Crippen LogP contribution in [-0.2, 0) is 0 Å². The smallest absolute Gasteiger partial charge is 0.166 e. The fourth-order valence-corrected chi connectivity index (χ4v) is 7.01. The van der Waals surface area contributed by atoms with Gasteiger partial charge in [0.2, 0.25) is 0 Å². The summed E-state index contributed by atoms with van der Waals surface area (Å²) in [7, 11) is 2.41. The third-order valence-corrected chi connectivity index (χ3v) is 8.49. The molecule has 0 radical (unpaired) electrons. The highest BCUT2D eigenvalue weighted by atomic mass is 31.2. The molecule has 26 heavy (non-hydrogen) atoms. The van der Waals surface area contributed by atoms with E-state index in [1.54, 1.807) is 14.2 Å². The van der Waals surface area contributed by atoms with E-state index in [-0.39, 0.29) is 0 Å². The number of likely N-dealkylation sites (N-methyl/N-ethyl adjacent to an activating group) is 1. The molecule has 0 amide bonds. The summed E-state index contributed by atoms with van der Waals surface area (Å²) >= 11 is 0. The van der Waals surface area contributed by atoms with Crippen molar-refractivity contribution >= 4 is 24.5 Å². The summed E-state index contributed by atoms with van der Waals surface area (Å²) in [6.45, 7) is 3.15. The molecule has 6 nitrogen and oxygen atoms in total. The number of hydrogen-bond acceptors (Lipinski definition) is 6. The molecular formula is C19H24N3O3P. The van der Waals surface area contributed by atoms with Crippen LogP contribution >= 0.6 is 7.79 Å². The van der Waals surface area contributed by atoms with E-state index in [0.717, 1.165) is 54.4 Å². The largest absolute Gasteiger partial charge is 0.642 e. The molecule has 0 spiro atoms. The van der Waals surface area contributed by atoms with Crippen molar-refractivity contribution in [3.8, 4) is 11.5 Å². The Balaban J connectivity index is 1.84. The van der Waals surface area contributed by atoms with Crippen LogP contribution in [0, 0.1) is 0 Å². The van der Waals surface area contributed by atoms with Crippen LogP contribution in [0.4, 0.5) is 11.4 Å². The highest BCUT2D eigenvalue weighted by molar-refractivity contribution is 7.76. The van der Waals surface area contributed by atoms with Gasteiger partial charge >= 0.3 is 0 Å². The number of hydrogen-bond donors (Lipinski definition) is 0. The molecule has 0 N–H and O–H groups in total. The van der Waals surface area contributed by atoms with Crippen molar-refractivity contribution in [3.05, 3.63) is 42.5 Å². The van der Waals surface area contributed by atoms with Crippen LogP contribution in [0.2, 0.25) is 0 Å². The third-order valence-electron chi connectivity index (χ3n) is 5.25. The number of fused-ring (bicyclic) bond motifs is 3. The van der Waals surface area contributed by atoms with Crippen LogP contribution in [0.15, 0.2) is 42.5 Å². The summed E-state index contributed by atoms with van der Waals surface area (Å²) < 4.78 is 14.9. The maximum absolute atomic E-state index is 14.5. The fourth-order valence-electron chi connectivity index (χ4n) is 3.78. The van der Waals surface area contributed by atoms with Gasteiger partial charge in [-0.05, 0) is 36.4 Å². The van der Waals surface area contributed by atoms with Crippen molar-refractivity contribution in [1.82, 2.24) is 4.67 Å². The normalized spacial score (nSPS) is 22.6. The summed E-state index contributed by atoms with van der Waals surface area (Å²) in [5.74, 6) is 1.53. The maximum atomic E-state index is 14.5. The van der Waals surface area contributed by atoms with Gasteiger partial charge in [-0.1, -0.05) is 0 Å². The number of ether oxygens (including phenoxy) is 2. The Labute approximate surface area is 155 Å². The van der Waals surface area contributed by atoms with Gasteiger partial charge in [0.15, 0.2) is 13.1 Å². The molecule has 0 bridgehead atoms. The van der Waals surface area contributed by atoms with Gasteiger partial charge in [-0.25, -0.2) is 4.67 Å². The second kappa shape index (κ2) is 6.62. The number of anilines is 2. The molecule has 1 saturated heterocycles. The zero-order valence-corrected chi connectivity index (χ0v) is 16.3. The minimum atomic E-state index is -2.94. The van der Waals surface area contributed by atoms with Gasteiger partial charge in [0.05, 0.1) is 45.2 Å². The number of benzene rings is 2. The molecule has 4 rings (SSSR count). The summed E-state index contributed by atoms with van der Waals surface area (Å²) in [5, 5.41) is 0.852. The molecule has 2 aliphatic heterocycles. The molecule has 138 valence electrons. The van der Waals surface area contributed by atoms with E-state index in [1.165, 1.54) is 0 Å². The van der Waals surface area contributed by atoms with Crippen molar-refractivity contribution in [3.63, 3.8) is 0 Å². The molecule has 2 aromatic rings. The van der Waals surface area contributed by atoms with Crippen LogP contribution in [0.1, 0.15) is 0 Å². The summed E-state index contributed by atoms with van der Waals surface area (Å²) in [6.07, 6.45) is 0. The first-order valence-electron chi connectivity index (χ1n) is 8.75. The molecule has 2 heterocycles. The molecule has 1 fully saturated rings. The van der Waals surface area contributed by atoms with E-state index in [4.69, 9.17) is 9.47 Å². The zero-order chi connectivity index (χ0) is 18.3. The Bertz CT molecular complexity index is 801. The lowest BCUT2D eigenvalue weighted by Crippen LogP contribution is -2.40. The third kappa shape index (κ3) is 2.60. The van der Waals surface area contributed by atoms with Crippen molar-refractivity contribution in [1.29, 1.82) is 0 Å².